The van der Waals surface area contributed by atoms with Crippen molar-refractivity contribution < 1.29 is 4.92 Å². The minimum Gasteiger partial charge on any atom is -0.363 e. The van der Waals surface area contributed by atoms with E-state index >= 15 is 0 Å². The van der Waals surface area contributed by atoms with Crippen molar-refractivity contribution in [3.05, 3.63) is 27.4 Å². The Bertz CT molecular complexity index is 449. The van der Waals surface area contributed by atoms with Crippen LogP contribution in [-0.4, -0.2) is 41.0 Å². The third kappa shape index (κ3) is 4.04. The lowest BCUT2D eigenvalue weighted by Gasteiger charge is -2.26. The van der Waals surface area contributed by atoms with E-state index in [1.807, 2.05) is 0 Å². The number of rotatable bonds is 5. The maximum Gasteiger partial charge on any atom is 0.312 e. The van der Waals surface area contributed by atoms with Crippen LogP contribution in [0.2, 0.25) is 5.02 Å². The van der Waals surface area contributed by atoms with Gasteiger partial charge < -0.3 is 10.2 Å². The average molecular weight is 285 g/mol. The van der Waals surface area contributed by atoms with Crippen LogP contribution in [0.3, 0.4) is 0 Å². The standard InChI is InChI=1S/C12H17ClN4O2/c13-10-8-11(17(18)19)12(15-9-10)14-4-7-16-5-2-1-3-6-16/h8-9H,1-7H2,(H,14,15). The summed E-state index contributed by atoms with van der Waals surface area (Å²) in [6.45, 7) is 3.74. The lowest BCUT2D eigenvalue weighted by atomic mass is 10.1. The van der Waals surface area contributed by atoms with Gasteiger partial charge in [0.15, 0.2) is 0 Å². The second kappa shape index (κ2) is 6.68. The van der Waals surface area contributed by atoms with Gasteiger partial charge in [-0.3, -0.25) is 10.1 Å². The Labute approximate surface area is 116 Å². The number of aromatic nitrogens is 1. The Balaban J connectivity index is 1.89. The van der Waals surface area contributed by atoms with Crippen LogP contribution in [0.4, 0.5) is 11.5 Å². The van der Waals surface area contributed by atoms with Gasteiger partial charge in [0, 0.05) is 25.4 Å². The number of nitro groups is 1. The highest BCUT2D eigenvalue weighted by Crippen LogP contribution is 2.24. The van der Waals surface area contributed by atoms with Gasteiger partial charge in [0.2, 0.25) is 5.82 Å². The number of piperidine rings is 1. The molecule has 104 valence electrons. The smallest absolute Gasteiger partial charge is 0.312 e. The largest absolute Gasteiger partial charge is 0.363 e. The number of hydrogen-bond acceptors (Lipinski definition) is 5. The molecule has 2 rings (SSSR count). The molecule has 0 aliphatic carbocycles. The first-order valence-electron chi connectivity index (χ1n) is 6.43. The molecule has 6 nitrogen and oxygen atoms in total. The number of likely N-dealkylation sites (tertiary alicyclic amines) is 1. The first-order valence-corrected chi connectivity index (χ1v) is 6.81. The number of pyridine rings is 1. The molecule has 0 spiro atoms. The highest BCUT2D eigenvalue weighted by atomic mass is 35.5. The molecular weight excluding hydrogens is 268 g/mol. The van der Waals surface area contributed by atoms with Crippen LogP contribution in [0, 0.1) is 10.1 Å². The van der Waals surface area contributed by atoms with Crippen molar-refractivity contribution in [3.63, 3.8) is 0 Å². The Kier molecular flexibility index (Phi) is 4.93. The van der Waals surface area contributed by atoms with Crippen LogP contribution in [0.25, 0.3) is 0 Å². The molecule has 1 fully saturated rings. The number of nitrogens with one attached hydrogen (secondary N) is 1. The fourth-order valence-electron chi connectivity index (χ4n) is 2.22. The van der Waals surface area contributed by atoms with E-state index < -0.39 is 4.92 Å². The van der Waals surface area contributed by atoms with Crippen molar-refractivity contribution in [1.82, 2.24) is 9.88 Å². The molecule has 0 unspecified atom stereocenters. The van der Waals surface area contributed by atoms with E-state index in [0.29, 0.717) is 6.54 Å². The molecule has 1 aliphatic heterocycles. The van der Waals surface area contributed by atoms with E-state index in [1.54, 1.807) is 0 Å². The van der Waals surface area contributed by atoms with Gasteiger partial charge in [0.1, 0.15) is 0 Å². The van der Waals surface area contributed by atoms with Crippen molar-refractivity contribution in [2.75, 3.05) is 31.5 Å². The van der Waals surface area contributed by atoms with Crippen molar-refractivity contribution >= 4 is 23.1 Å². The molecule has 0 radical (unpaired) electrons. The summed E-state index contributed by atoms with van der Waals surface area (Å²) in [5.41, 5.74) is -0.0776. The van der Waals surface area contributed by atoms with Gasteiger partial charge in [0.25, 0.3) is 0 Å². The molecular formula is C12H17ClN4O2. The van der Waals surface area contributed by atoms with Crippen molar-refractivity contribution in [1.29, 1.82) is 0 Å². The predicted molar refractivity (Wildman–Crippen MR) is 74.7 cm³/mol. The Morgan fingerprint density at radius 2 is 2.16 bits per heavy atom. The molecule has 2 heterocycles. The summed E-state index contributed by atoms with van der Waals surface area (Å²) in [5.74, 6) is 0.284. The summed E-state index contributed by atoms with van der Waals surface area (Å²) in [7, 11) is 0. The summed E-state index contributed by atoms with van der Waals surface area (Å²) in [4.78, 5) is 16.8. The van der Waals surface area contributed by atoms with Gasteiger partial charge in [-0.25, -0.2) is 4.98 Å². The molecule has 1 saturated heterocycles. The third-order valence-electron chi connectivity index (χ3n) is 3.20. The van der Waals surface area contributed by atoms with E-state index in [0.717, 1.165) is 19.6 Å². The molecule has 7 heteroatoms. The van der Waals surface area contributed by atoms with Crippen molar-refractivity contribution in [2.24, 2.45) is 0 Å². The number of halogens is 1. The zero-order chi connectivity index (χ0) is 13.7. The minimum absolute atomic E-state index is 0.0776. The lowest BCUT2D eigenvalue weighted by Crippen LogP contribution is -2.33. The average Bonchev–Trinajstić information content (AvgIpc) is 2.41. The van der Waals surface area contributed by atoms with E-state index in [-0.39, 0.29) is 16.5 Å². The molecule has 1 aromatic rings. The molecule has 0 aromatic carbocycles. The van der Waals surface area contributed by atoms with Gasteiger partial charge in [-0.2, -0.15) is 0 Å². The van der Waals surface area contributed by atoms with Gasteiger partial charge in [-0.1, -0.05) is 18.0 Å². The Hall–Kier alpha value is -1.40. The van der Waals surface area contributed by atoms with Crippen LogP contribution in [0.1, 0.15) is 19.3 Å². The highest BCUT2D eigenvalue weighted by molar-refractivity contribution is 6.30. The normalized spacial score (nSPS) is 16.3. The molecule has 1 aliphatic rings. The highest BCUT2D eigenvalue weighted by Gasteiger charge is 2.16. The van der Waals surface area contributed by atoms with E-state index in [9.17, 15) is 10.1 Å². The second-order valence-corrected chi connectivity index (χ2v) is 5.04. The Morgan fingerprint density at radius 3 is 2.84 bits per heavy atom. The molecule has 1 N–H and O–H groups in total. The fourth-order valence-corrected chi connectivity index (χ4v) is 2.37. The number of anilines is 1. The van der Waals surface area contributed by atoms with Crippen LogP contribution in [0.5, 0.6) is 0 Å². The second-order valence-electron chi connectivity index (χ2n) is 4.61. The lowest BCUT2D eigenvalue weighted by molar-refractivity contribution is -0.384. The summed E-state index contributed by atoms with van der Waals surface area (Å²) >= 11 is 5.71. The zero-order valence-electron chi connectivity index (χ0n) is 10.6. The first kappa shape index (κ1) is 14.0. The molecule has 1 aromatic heterocycles. The topological polar surface area (TPSA) is 71.3 Å². The van der Waals surface area contributed by atoms with Crippen LogP contribution >= 0.6 is 11.6 Å². The molecule has 0 atom stereocenters. The van der Waals surface area contributed by atoms with Crippen molar-refractivity contribution in [3.8, 4) is 0 Å². The first-order chi connectivity index (χ1) is 9.16. The summed E-state index contributed by atoms with van der Waals surface area (Å²) in [6, 6.07) is 1.32. The number of hydrogen-bond donors (Lipinski definition) is 1. The van der Waals surface area contributed by atoms with Gasteiger partial charge in [-0.15, -0.1) is 0 Å². The van der Waals surface area contributed by atoms with E-state index in [4.69, 9.17) is 11.6 Å². The third-order valence-corrected chi connectivity index (χ3v) is 3.41. The Morgan fingerprint density at radius 1 is 1.42 bits per heavy atom. The van der Waals surface area contributed by atoms with E-state index in [1.165, 1.54) is 31.5 Å². The van der Waals surface area contributed by atoms with Gasteiger partial charge in [0.05, 0.1) is 9.95 Å². The summed E-state index contributed by atoms with van der Waals surface area (Å²) < 4.78 is 0. The SMILES string of the molecule is O=[N+]([O-])c1cc(Cl)cnc1NCCN1CCCCC1. The molecule has 0 bridgehead atoms. The number of nitrogens with zero attached hydrogens (tertiary/aromatic N) is 3. The zero-order valence-corrected chi connectivity index (χ0v) is 11.4. The van der Waals surface area contributed by atoms with Crippen molar-refractivity contribution in [2.45, 2.75) is 19.3 Å². The summed E-state index contributed by atoms with van der Waals surface area (Å²) in [5, 5.41) is 14.2. The van der Waals surface area contributed by atoms with Crippen LogP contribution in [-0.2, 0) is 0 Å². The van der Waals surface area contributed by atoms with Crippen LogP contribution < -0.4 is 5.32 Å². The molecule has 0 saturated carbocycles. The van der Waals surface area contributed by atoms with Crippen LogP contribution in [0.15, 0.2) is 12.3 Å². The summed E-state index contributed by atoms with van der Waals surface area (Å²) in [6.07, 6.45) is 5.19. The predicted octanol–water partition coefficient (Wildman–Crippen LogP) is 2.54. The maximum atomic E-state index is 10.9. The van der Waals surface area contributed by atoms with Gasteiger partial charge >= 0.3 is 5.69 Å². The quantitative estimate of drug-likeness (QED) is 0.664. The monoisotopic (exact) mass is 284 g/mol. The van der Waals surface area contributed by atoms with Gasteiger partial charge in [-0.05, 0) is 25.9 Å². The minimum atomic E-state index is -0.470. The molecule has 0 amide bonds. The van der Waals surface area contributed by atoms with E-state index in [2.05, 4.69) is 15.2 Å². The maximum absolute atomic E-state index is 10.9. The fraction of sp³-hybridized carbons (Fsp3) is 0.583. The molecule has 19 heavy (non-hydrogen) atoms.